The minimum absolute atomic E-state index is 0.0682. The molecule has 1 amide bonds. The third-order valence-corrected chi connectivity index (χ3v) is 5.70. The van der Waals surface area contributed by atoms with Crippen LogP contribution in [0.3, 0.4) is 0 Å². The summed E-state index contributed by atoms with van der Waals surface area (Å²) in [4.78, 5) is 29.9. The van der Waals surface area contributed by atoms with Crippen LogP contribution in [0, 0.1) is 12.8 Å². The number of benzene rings is 1. The summed E-state index contributed by atoms with van der Waals surface area (Å²) in [6, 6.07) is 7.88. The minimum atomic E-state index is -0.901. The third kappa shape index (κ3) is 3.32. The molecule has 1 aromatic carbocycles. The Morgan fingerprint density at radius 2 is 2.11 bits per heavy atom. The Morgan fingerprint density at radius 1 is 1.37 bits per heavy atom. The molecule has 2 aliphatic heterocycles. The monoisotopic (exact) mass is 370 g/mol. The van der Waals surface area contributed by atoms with E-state index in [1.807, 2.05) is 31.2 Å². The van der Waals surface area contributed by atoms with Gasteiger partial charge in [0.1, 0.15) is 0 Å². The number of carboxylic acids is 1. The molecule has 4 rings (SSSR count). The molecule has 1 spiro atoms. The second-order valence-electron chi connectivity index (χ2n) is 7.40. The number of aromatic nitrogens is 2. The van der Waals surface area contributed by atoms with Crippen LogP contribution in [0.1, 0.15) is 30.7 Å². The van der Waals surface area contributed by atoms with Gasteiger partial charge < -0.3 is 14.9 Å². The average Bonchev–Trinajstić information content (AvgIpc) is 3.22. The topological polar surface area (TPSA) is 109 Å². The molecule has 2 saturated heterocycles. The predicted octanol–water partition coefficient (Wildman–Crippen LogP) is 1.60. The highest BCUT2D eigenvalue weighted by Crippen LogP contribution is 2.37. The van der Waals surface area contributed by atoms with E-state index in [9.17, 15) is 14.7 Å². The average molecular weight is 370 g/mol. The van der Waals surface area contributed by atoms with Crippen molar-refractivity contribution in [2.24, 2.45) is 5.92 Å². The fourth-order valence-corrected chi connectivity index (χ4v) is 4.15. The highest BCUT2D eigenvalue weighted by molar-refractivity contribution is 5.88. The standard InChI is InChI=1S/C19H22N4O4/c1-12-4-2-3-5-13(12)17-20-16(27-22-17)11-23-8-6-19(7-9-23)14(18(25)26)10-15(24)21-19/h2-5,14H,6-11H2,1H3,(H,21,24)(H,25,26)/t14-/m1/s1. The summed E-state index contributed by atoms with van der Waals surface area (Å²) in [5.74, 6) is -0.611. The number of carboxylic acid groups (broad SMARTS) is 1. The predicted molar refractivity (Wildman–Crippen MR) is 95.6 cm³/mol. The molecule has 142 valence electrons. The first-order chi connectivity index (χ1) is 13.0. The van der Waals surface area contributed by atoms with E-state index >= 15 is 0 Å². The lowest BCUT2D eigenvalue weighted by Gasteiger charge is -2.41. The summed E-state index contributed by atoms with van der Waals surface area (Å²) in [5.41, 5.74) is 1.41. The van der Waals surface area contributed by atoms with Gasteiger partial charge in [0.25, 0.3) is 0 Å². The van der Waals surface area contributed by atoms with Gasteiger partial charge in [-0.3, -0.25) is 14.5 Å². The minimum Gasteiger partial charge on any atom is -0.481 e. The molecule has 8 heteroatoms. The van der Waals surface area contributed by atoms with E-state index in [0.29, 0.717) is 44.2 Å². The molecule has 3 heterocycles. The van der Waals surface area contributed by atoms with Crippen LogP contribution in [-0.2, 0) is 16.1 Å². The van der Waals surface area contributed by atoms with Crippen molar-refractivity contribution < 1.29 is 19.2 Å². The maximum atomic E-state index is 11.7. The first-order valence-corrected chi connectivity index (χ1v) is 9.12. The number of aryl methyl sites for hydroxylation is 1. The molecule has 2 N–H and O–H groups in total. The number of hydrogen-bond acceptors (Lipinski definition) is 6. The second kappa shape index (κ2) is 6.77. The lowest BCUT2D eigenvalue weighted by molar-refractivity contribution is -0.144. The van der Waals surface area contributed by atoms with Crippen molar-refractivity contribution in [2.75, 3.05) is 13.1 Å². The van der Waals surface area contributed by atoms with Gasteiger partial charge >= 0.3 is 5.97 Å². The zero-order valence-electron chi connectivity index (χ0n) is 15.1. The molecular formula is C19H22N4O4. The summed E-state index contributed by atoms with van der Waals surface area (Å²) >= 11 is 0. The molecule has 27 heavy (non-hydrogen) atoms. The molecule has 0 aliphatic carbocycles. The van der Waals surface area contributed by atoms with Crippen molar-refractivity contribution in [2.45, 2.75) is 38.3 Å². The molecule has 0 unspecified atom stereocenters. The van der Waals surface area contributed by atoms with Crippen LogP contribution >= 0.6 is 0 Å². The van der Waals surface area contributed by atoms with Gasteiger partial charge in [-0.15, -0.1) is 0 Å². The lowest BCUT2D eigenvalue weighted by Crippen LogP contribution is -2.55. The van der Waals surface area contributed by atoms with Crippen molar-refractivity contribution in [1.82, 2.24) is 20.4 Å². The lowest BCUT2D eigenvalue weighted by atomic mass is 9.78. The van der Waals surface area contributed by atoms with Gasteiger partial charge in [0.05, 0.1) is 18.0 Å². The normalized spacial score (nSPS) is 22.1. The second-order valence-corrected chi connectivity index (χ2v) is 7.40. The van der Waals surface area contributed by atoms with E-state index in [-0.39, 0.29) is 12.3 Å². The van der Waals surface area contributed by atoms with Gasteiger partial charge in [-0.2, -0.15) is 4.98 Å². The molecule has 0 saturated carbocycles. The zero-order valence-corrected chi connectivity index (χ0v) is 15.1. The Bertz CT molecular complexity index is 870. The molecule has 1 aromatic heterocycles. The fraction of sp³-hybridized carbons (Fsp3) is 0.474. The molecule has 2 fully saturated rings. The smallest absolute Gasteiger partial charge is 0.309 e. The number of hydrogen-bond donors (Lipinski definition) is 2. The molecule has 2 aliphatic rings. The summed E-state index contributed by atoms with van der Waals surface area (Å²) in [6.07, 6.45) is 1.28. The van der Waals surface area contributed by atoms with E-state index in [4.69, 9.17) is 4.52 Å². The highest BCUT2D eigenvalue weighted by Gasteiger charge is 2.51. The number of rotatable bonds is 4. The number of carbonyl (C=O) groups excluding carboxylic acids is 1. The molecule has 8 nitrogen and oxygen atoms in total. The van der Waals surface area contributed by atoms with Crippen LogP contribution in [0.5, 0.6) is 0 Å². The summed E-state index contributed by atoms with van der Waals surface area (Å²) in [5, 5.41) is 16.4. The summed E-state index contributed by atoms with van der Waals surface area (Å²) < 4.78 is 5.40. The Labute approximate surface area is 156 Å². The Hall–Kier alpha value is -2.74. The van der Waals surface area contributed by atoms with Crippen LogP contribution in [0.25, 0.3) is 11.4 Å². The van der Waals surface area contributed by atoms with Gasteiger partial charge in [0, 0.05) is 25.1 Å². The van der Waals surface area contributed by atoms with Gasteiger partial charge in [-0.05, 0) is 25.3 Å². The van der Waals surface area contributed by atoms with E-state index in [1.165, 1.54) is 0 Å². The molecule has 1 atom stereocenters. The van der Waals surface area contributed by atoms with Crippen LogP contribution in [0.15, 0.2) is 28.8 Å². The summed E-state index contributed by atoms with van der Waals surface area (Å²) in [6.45, 7) is 3.86. The number of nitrogens with one attached hydrogen (secondary N) is 1. The number of nitrogens with zero attached hydrogens (tertiary/aromatic N) is 3. The van der Waals surface area contributed by atoms with Crippen molar-refractivity contribution in [3.8, 4) is 11.4 Å². The Kier molecular flexibility index (Phi) is 4.43. The van der Waals surface area contributed by atoms with Crippen molar-refractivity contribution in [3.05, 3.63) is 35.7 Å². The van der Waals surface area contributed by atoms with Gasteiger partial charge in [-0.25, -0.2) is 0 Å². The van der Waals surface area contributed by atoms with E-state index in [1.54, 1.807) is 0 Å². The Morgan fingerprint density at radius 3 is 2.81 bits per heavy atom. The first kappa shape index (κ1) is 17.7. The highest BCUT2D eigenvalue weighted by atomic mass is 16.5. The molecule has 0 radical (unpaired) electrons. The van der Waals surface area contributed by atoms with Gasteiger partial charge in [-0.1, -0.05) is 29.4 Å². The maximum absolute atomic E-state index is 11.7. The Balaban J connectivity index is 1.41. The van der Waals surface area contributed by atoms with Crippen LogP contribution < -0.4 is 5.32 Å². The van der Waals surface area contributed by atoms with Crippen LogP contribution in [0.4, 0.5) is 0 Å². The van der Waals surface area contributed by atoms with Crippen molar-refractivity contribution in [3.63, 3.8) is 0 Å². The van der Waals surface area contributed by atoms with Gasteiger partial charge in [0.2, 0.25) is 17.6 Å². The maximum Gasteiger partial charge on any atom is 0.309 e. The third-order valence-electron chi connectivity index (χ3n) is 5.70. The quantitative estimate of drug-likeness (QED) is 0.841. The first-order valence-electron chi connectivity index (χ1n) is 9.12. The largest absolute Gasteiger partial charge is 0.481 e. The van der Waals surface area contributed by atoms with E-state index in [2.05, 4.69) is 20.4 Å². The molecule has 2 aromatic rings. The fourth-order valence-electron chi connectivity index (χ4n) is 4.15. The van der Waals surface area contributed by atoms with E-state index < -0.39 is 17.4 Å². The number of piperidine rings is 1. The SMILES string of the molecule is Cc1ccccc1-c1noc(CN2CCC3(CC2)NC(=O)C[C@@H]3C(=O)O)n1. The number of aliphatic carboxylic acids is 1. The van der Waals surface area contributed by atoms with Crippen molar-refractivity contribution in [1.29, 1.82) is 0 Å². The van der Waals surface area contributed by atoms with Gasteiger partial charge in [0.15, 0.2) is 0 Å². The number of likely N-dealkylation sites (tertiary alicyclic amines) is 1. The van der Waals surface area contributed by atoms with Crippen molar-refractivity contribution >= 4 is 11.9 Å². The number of carbonyl (C=O) groups is 2. The summed E-state index contributed by atoms with van der Waals surface area (Å²) in [7, 11) is 0. The van der Waals surface area contributed by atoms with E-state index in [0.717, 1.165) is 11.1 Å². The molecule has 0 bridgehead atoms. The molecular weight excluding hydrogens is 348 g/mol. The zero-order chi connectivity index (χ0) is 19.0. The van der Waals surface area contributed by atoms with Crippen LogP contribution in [0.2, 0.25) is 0 Å². The number of amides is 1. The van der Waals surface area contributed by atoms with Crippen LogP contribution in [-0.4, -0.2) is 50.7 Å².